The van der Waals surface area contributed by atoms with E-state index in [1.807, 2.05) is 30.5 Å². The first-order chi connectivity index (χ1) is 16.5. The van der Waals surface area contributed by atoms with Gasteiger partial charge in [0.15, 0.2) is 0 Å². The number of fused-ring (bicyclic) bond motifs is 2. The van der Waals surface area contributed by atoms with Gasteiger partial charge >= 0.3 is 5.97 Å². The summed E-state index contributed by atoms with van der Waals surface area (Å²) in [7, 11) is 1.28. The van der Waals surface area contributed by atoms with Crippen LogP contribution in [0, 0.1) is 0 Å². The van der Waals surface area contributed by atoms with Gasteiger partial charge in [-0.15, -0.1) is 0 Å². The van der Waals surface area contributed by atoms with Crippen LogP contribution in [-0.2, 0) is 20.7 Å². The second kappa shape index (κ2) is 8.66. The van der Waals surface area contributed by atoms with E-state index in [1.54, 1.807) is 28.0 Å². The van der Waals surface area contributed by atoms with Crippen LogP contribution in [0.3, 0.4) is 0 Å². The Balaban J connectivity index is 1.29. The number of carbonyl (C=O) groups is 4. The van der Waals surface area contributed by atoms with Crippen LogP contribution in [0.1, 0.15) is 26.3 Å². The highest BCUT2D eigenvalue weighted by atomic mass is 16.5. The highest BCUT2D eigenvalue weighted by Gasteiger charge is 2.44. The van der Waals surface area contributed by atoms with Crippen molar-refractivity contribution >= 4 is 34.6 Å². The number of H-pyrrole nitrogens is 1. The summed E-state index contributed by atoms with van der Waals surface area (Å²) in [5.41, 5.74) is 2.55. The first-order valence-electron chi connectivity index (χ1n) is 11.1. The number of carbonyl (C=O) groups excluding carboxylic acids is 4. The molecular formula is C25H24N4O5. The third-order valence-corrected chi connectivity index (χ3v) is 6.50. The van der Waals surface area contributed by atoms with Gasteiger partial charge in [0, 0.05) is 42.2 Å². The number of aromatic nitrogens is 1. The fourth-order valence-electron chi connectivity index (χ4n) is 4.72. The zero-order valence-corrected chi connectivity index (χ0v) is 18.6. The van der Waals surface area contributed by atoms with Gasteiger partial charge in [-0.1, -0.05) is 24.3 Å². The van der Waals surface area contributed by atoms with Gasteiger partial charge in [0.25, 0.3) is 5.91 Å². The van der Waals surface area contributed by atoms with Crippen LogP contribution in [0.5, 0.6) is 0 Å². The topological polar surface area (TPSA) is 112 Å². The van der Waals surface area contributed by atoms with Crippen molar-refractivity contribution in [1.82, 2.24) is 20.1 Å². The van der Waals surface area contributed by atoms with Crippen LogP contribution in [-0.4, -0.2) is 77.3 Å². The van der Waals surface area contributed by atoms with Gasteiger partial charge in [0.2, 0.25) is 11.8 Å². The number of methoxy groups -OCH3 is 1. The number of benzene rings is 2. The minimum atomic E-state index is -0.742. The lowest BCUT2D eigenvalue weighted by molar-refractivity contribution is -0.152. The minimum absolute atomic E-state index is 0.0959. The van der Waals surface area contributed by atoms with Crippen molar-refractivity contribution < 1.29 is 23.9 Å². The third-order valence-electron chi connectivity index (χ3n) is 6.50. The summed E-state index contributed by atoms with van der Waals surface area (Å²) < 4.78 is 4.72. The molecule has 174 valence electrons. The van der Waals surface area contributed by atoms with E-state index in [0.717, 1.165) is 16.5 Å². The number of hydrogen-bond acceptors (Lipinski definition) is 5. The average molecular weight is 460 g/mol. The Bertz CT molecular complexity index is 1300. The molecule has 2 N–H and O–H groups in total. The van der Waals surface area contributed by atoms with Gasteiger partial charge in [-0.25, -0.2) is 4.79 Å². The number of amides is 3. The molecule has 0 spiro atoms. The van der Waals surface area contributed by atoms with Crippen molar-refractivity contribution in [3.05, 3.63) is 71.4 Å². The van der Waals surface area contributed by atoms with Gasteiger partial charge in [0.05, 0.1) is 19.2 Å². The van der Waals surface area contributed by atoms with Gasteiger partial charge < -0.3 is 24.8 Å². The lowest BCUT2D eigenvalue weighted by Crippen LogP contribution is -2.70. The second-order valence-electron chi connectivity index (χ2n) is 8.50. The minimum Gasteiger partial charge on any atom is -0.465 e. The molecule has 1 aromatic heterocycles. The molecule has 9 nitrogen and oxygen atoms in total. The normalized spacial score (nSPS) is 20.1. The van der Waals surface area contributed by atoms with Gasteiger partial charge in [-0.2, -0.15) is 0 Å². The quantitative estimate of drug-likeness (QED) is 0.571. The summed E-state index contributed by atoms with van der Waals surface area (Å²) >= 11 is 0. The van der Waals surface area contributed by atoms with Crippen LogP contribution in [0.2, 0.25) is 0 Å². The molecule has 2 aromatic carbocycles. The number of para-hydroxylation sites is 1. The van der Waals surface area contributed by atoms with Crippen molar-refractivity contribution in [2.24, 2.45) is 0 Å². The first-order valence-corrected chi connectivity index (χ1v) is 11.1. The number of nitrogens with zero attached hydrogens (tertiary/aromatic N) is 2. The summed E-state index contributed by atoms with van der Waals surface area (Å²) in [5.74, 6) is -1.25. The number of aromatic amines is 1. The third kappa shape index (κ3) is 3.79. The van der Waals surface area contributed by atoms with E-state index < -0.39 is 18.1 Å². The smallest absolute Gasteiger partial charge is 0.337 e. The summed E-state index contributed by atoms with van der Waals surface area (Å²) in [6.45, 7) is 0.666. The average Bonchev–Trinajstić information content (AvgIpc) is 3.28. The van der Waals surface area contributed by atoms with Crippen molar-refractivity contribution in [3.8, 4) is 0 Å². The summed E-state index contributed by atoms with van der Waals surface area (Å²) in [6, 6.07) is 12.7. The van der Waals surface area contributed by atoms with Gasteiger partial charge in [0.1, 0.15) is 12.1 Å². The number of piperazine rings is 2. The Morgan fingerprint density at radius 2 is 1.85 bits per heavy atom. The lowest BCUT2D eigenvalue weighted by Gasteiger charge is -2.45. The van der Waals surface area contributed by atoms with Crippen LogP contribution < -0.4 is 5.32 Å². The number of rotatable bonds is 4. The highest BCUT2D eigenvalue weighted by molar-refractivity contribution is 6.00. The maximum atomic E-state index is 13.2. The van der Waals surface area contributed by atoms with E-state index >= 15 is 0 Å². The van der Waals surface area contributed by atoms with Crippen LogP contribution >= 0.6 is 0 Å². The predicted octanol–water partition coefficient (Wildman–Crippen LogP) is 1.35. The van der Waals surface area contributed by atoms with E-state index in [1.165, 1.54) is 13.2 Å². The van der Waals surface area contributed by atoms with Crippen LogP contribution in [0.25, 0.3) is 10.9 Å². The largest absolute Gasteiger partial charge is 0.465 e. The Morgan fingerprint density at radius 3 is 2.68 bits per heavy atom. The molecule has 0 unspecified atom stereocenters. The molecule has 0 bridgehead atoms. The van der Waals surface area contributed by atoms with E-state index in [0.29, 0.717) is 18.5 Å². The summed E-state index contributed by atoms with van der Waals surface area (Å²) in [4.78, 5) is 57.3. The lowest BCUT2D eigenvalue weighted by atomic mass is 9.98. The Labute approximate surface area is 195 Å². The number of ether oxygens (including phenoxy) is 1. The van der Waals surface area contributed by atoms with Crippen molar-refractivity contribution in [2.75, 3.05) is 26.7 Å². The van der Waals surface area contributed by atoms with Crippen LogP contribution in [0.4, 0.5) is 0 Å². The first kappa shape index (κ1) is 21.7. The Morgan fingerprint density at radius 1 is 1.06 bits per heavy atom. The van der Waals surface area contributed by atoms with E-state index in [4.69, 9.17) is 4.74 Å². The molecule has 2 fully saturated rings. The zero-order valence-electron chi connectivity index (χ0n) is 18.6. The van der Waals surface area contributed by atoms with E-state index in [9.17, 15) is 19.2 Å². The standard InChI is InChI=1S/C25H24N4O5/c1-34-25(33)16-6-4-5-15(11-16)23(31)28-9-10-29-21(14-28)22(30)27-20(24(29)32)12-17-13-26-19-8-3-2-7-18(17)19/h2-8,11,13,20-21,26H,9-10,12,14H2,1H3,(H,27,30)/t20-,21+/m0/s1. The molecule has 0 aliphatic carbocycles. The maximum Gasteiger partial charge on any atom is 0.337 e. The summed E-state index contributed by atoms with van der Waals surface area (Å²) in [6.07, 6.45) is 2.26. The fraction of sp³-hybridized carbons (Fsp3) is 0.280. The van der Waals surface area contributed by atoms with Gasteiger partial charge in [-0.05, 0) is 29.8 Å². The molecule has 2 aliphatic heterocycles. The molecule has 3 aromatic rings. The molecule has 34 heavy (non-hydrogen) atoms. The van der Waals surface area contributed by atoms with Gasteiger partial charge in [-0.3, -0.25) is 14.4 Å². The molecule has 9 heteroatoms. The molecule has 3 amide bonds. The second-order valence-corrected chi connectivity index (χ2v) is 8.50. The molecule has 5 rings (SSSR count). The van der Waals surface area contributed by atoms with Crippen molar-refractivity contribution in [3.63, 3.8) is 0 Å². The molecular weight excluding hydrogens is 436 g/mol. The molecule has 2 atom stereocenters. The molecule has 0 saturated carbocycles. The molecule has 3 heterocycles. The zero-order chi connectivity index (χ0) is 23.8. The SMILES string of the molecule is COC(=O)c1cccc(C(=O)N2CCN3C(=O)[C@H](Cc4c[nH]c5ccccc45)NC(=O)[C@H]3C2)c1. The number of nitrogens with one attached hydrogen (secondary N) is 2. The van der Waals surface area contributed by atoms with Crippen molar-refractivity contribution in [2.45, 2.75) is 18.5 Å². The van der Waals surface area contributed by atoms with Crippen LogP contribution in [0.15, 0.2) is 54.7 Å². The number of esters is 1. The van der Waals surface area contributed by atoms with E-state index in [-0.39, 0.29) is 36.4 Å². The number of hydrogen-bond donors (Lipinski definition) is 2. The van der Waals surface area contributed by atoms with Crippen molar-refractivity contribution in [1.29, 1.82) is 0 Å². The maximum absolute atomic E-state index is 13.2. The Hall–Kier alpha value is -4.14. The van der Waals surface area contributed by atoms with E-state index in [2.05, 4.69) is 10.3 Å². The molecule has 2 saturated heterocycles. The molecule has 2 aliphatic rings. The molecule has 0 radical (unpaired) electrons. The predicted molar refractivity (Wildman–Crippen MR) is 123 cm³/mol. The summed E-state index contributed by atoms with van der Waals surface area (Å²) in [5, 5.41) is 3.88. The monoisotopic (exact) mass is 460 g/mol. The highest BCUT2D eigenvalue weighted by Crippen LogP contribution is 2.23. The Kier molecular flexibility index (Phi) is 5.53. The fourth-order valence-corrected chi connectivity index (χ4v) is 4.72.